The van der Waals surface area contributed by atoms with E-state index in [1.807, 2.05) is 25.9 Å². The van der Waals surface area contributed by atoms with Gasteiger partial charge < -0.3 is 9.80 Å². The highest BCUT2D eigenvalue weighted by atomic mass is 32.2. The van der Waals surface area contributed by atoms with Gasteiger partial charge in [0.2, 0.25) is 5.91 Å². The van der Waals surface area contributed by atoms with E-state index < -0.39 is 0 Å². The second-order valence-electron chi connectivity index (χ2n) is 4.05. The van der Waals surface area contributed by atoms with Crippen molar-refractivity contribution in [1.29, 1.82) is 0 Å². The molecule has 1 unspecified atom stereocenters. The van der Waals surface area contributed by atoms with Crippen LogP contribution in [0, 0.1) is 0 Å². The average molecular weight is 244 g/mol. The number of nitrogens with zero attached hydrogens (tertiary/aromatic N) is 2. The molecule has 0 aromatic heterocycles. The summed E-state index contributed by atoms with van der Waals surface area (Å²) in [5.41, 5.74) is 0. The highest BCUT2D eigenvalue weighted by Crippen LogP contribution is 2.13. The molecule has 0 spiro atoms. The molecule has 0 radical (unpaired) electrons. The largest absolute Gasteiger partial charge is 0.339 e. The van der Waals surface area contributed by atoms with Gasteiger partial charge >= 0.3 is 0 Å². The topological polar surface area (TPSA) is 23.6 Å². The van der Waals surface area contributed by atoms with E-state index in [1.54, 1.807) is 17.8 Å². The second kappa shape index (κ2) is 8.65. The first-order valence-electron chi connectivity index (χ1n) is 5.61. The molecular formula is C12H24N2OS. The van der Waals surface area contributed by atoms with E-state index in [0.717, 1.165) is 13.1 Å². The zero-order chi connectivity index (χ0) is 12.6. The molecule has 1 amide bonds. The molecule has 1 atom stereocenters. The number of hydrogen-bond donors (Lipinski definition) is 0. The Morgan fingerprint density at radius 1 is 1.50 bits per heavy atom. The molecule has 0 aliphatic heterocycles. The fraction of sp³-hybridized carbons (Fsp3) is 0.750. The number of carbonyl (C=O) groups is 1. The van der Waals surface area contributed by atoms with Crippen LogP contribution in [0.15, 0.2) is 12.7 Å². The van der Waals surface area contributed by atoms with Crippen molar-refractivity contribution < 1.29 is 4.79 Å². The van der Waals surface area contributed by atoms with Crippen LogP contribution in [-0.2, 0) is 4.79 Å². The Labute approximate surface area is 104 Å². The van der Waals surface area contributed by atoms with E-state index in [2.05, 4.69) is 17.7 Å². The first kappa shape index (κ1) is 15.5. The van der Waals surface area contributed by atoms with Crippen LogP contribution < -0.4 is 0 Å². The molecule has 0 aromatic carbocycles. The van der Waals surface area contributed by atoms with Crippen molar-refractivity contribution in [2.75, 3.05) is 40.0 Å². The number of likely N-dealkylation sites (N-methyl/N-ethyl adjacent to an activating group) is 1. The predicted molar refractivity (Wildman–Crippen MR) is 72.9 cm³/mol. The maximum atomic E-state index is 12.0. The summed E-state index contributed by atoms with van der Waals surface area (Å²) < 4.78 is 0. The Bertz CT molecular complexity index is 219. The molecular weight excluding hydrogens is 220 g/mol. The van der Waals surface area contributed by atoms with E-state index in [1.165, 1.54) is 0 Å². The smallest absolute Gasteiger partial charge is 0.224 e. The normalized spacial score (nSPS) is 12.6. The number of hydrogen-bond acceptors (Lipinski definition) is 3. The molecule has 0 saturated carbocycles. The van der Waals surface area contributed by atoms with Gasteiger partial charge in [0.25, 0.3) is 0 Å². The third-order valence-electron chi connectivity index (χ3n) is 2.39. The number of rotatable bonds is 8. The van der Waals surface area contributed by atoms with E-state index >= 15 is 0 Å². The van der Waals surface area contributed by atoms with Gasteiger partial charge in [-0.1, -0.05) is 6.08 Å². The van der Waals surface area contributed by atoms with Gasteiger partial charge in [-0.3, -0.25) is 4.79 Å². The molecule has 0 fully saturated rings. The lowest BCUT2D eigenvalue weighted by Gasteiger charge is -2.23. The summed E-state index contributed by atoms with van der Waals surface area (Å²) in [6, 6.07) is 0. The first-order valence-corrected chi connectivity index (χ1v) is 6.90. The molecule has 0 N–H and O–H groups in total. The van der Waals surface area contributed by atoms with Crippen molar-refractivity contribution >= 4 is 17.7 Å². The molecule has 94 valence electrons. The Kier molecular flexibility index (Phi) is 8.39. The van der Waals surface area contributed by atoms with Crippen LogP contribution >= 0.6 is 11.8 Å². The minimum atomic E-state index is 0.226. The molecule has 0 aromatic rings. The van der Waals surface area contributed by atoms with E-state index in [4.69, 9.17) is 0 Å². The fourth-order valence-electron chi connectivity index (χ4n) is 1.52. The third-order valence-corrected chi connectivity index (χ3v) is 3.37. The van der Waals surface area contributed by atoms with Crippen LogP contribution in [0.2, 0.25) is 0 Å². The van der Waals surface area contributed by atoms with Crippen LogP contribution in [0.5, 0.6) is 0 Å². The molecule has 0 saturated heterocycles. The fourth-order valence-corrected chi connectivity index (χ4v) is 2.27. The standard InChI is InChI=1S/C12H24N2OS/c1-6-8-14(7-2)12(15)9-11(16-5)10-13(3)4/h6,11H,1,7-10H2,2-5H3. The lowest BCUT2D eigenvalue weighted by atomic mass is 10.2. The van der Waals surface area contributed by atoms with Crippen molar-refractivity contribution in [3.63, 3.8) is 0 Å². The number of carbonyl (C=O) groups excluding carboxylic acids is 1. The van der Waals surface area contributed by atoms with Crippen LogP contribution in [0.1, 0.15) is 13.3 Å². The molecule has 16 heavy (non-hydrogen) atoms. The number of amides is 1. The van der Waals surface area contributed by atoms with Gasteiger partial charge in [-0.2, -0.15) is 11.8 Å². The molecule has 0 aliphatic rings. The van der Waals surface area contributed by atoms with Crippen LogP contribution in [0.4, 0.5) is 0 Å². The van der Waals surface area contributed by atoms with Gasteiger partial charge in [0, 0.05) is 31.3 Å². The van der Waals surface area contributed by atoms with E-state index in [-0.39, 0.29) is 5.91 Å². The van der Waals surface area contributed by atoms with Gasteiger partial charge in [0.05, 0.1) is 0 Å². The zero-order valence-corrected chi connectivity index (χ0v) is 11.7. The Morgan fingerprint density at radius 2 is 2.12 bits per heavy atom. The van der Waals surface area contributed by atoms with Gasteiger partial charge in [0.15, 0.2) is 0 Å². The van der Waals surface area contributed by atoms with Gasteiger partial charge in [-0.25, -0.2) is 0 Å². The van der Waals surface area contributed by atoms with Crippen LogP contribution in [0.25, 0.3) is 0 Å². The summed E-state index contributed by atoms with van der Waals surface area (Å²) in [5.74, 6) is 0.226. The molecule has 0 bridgehead atoms. The summed E-state index contributed by atoms with van der Waals surface area (Å²) in [4.78, 5) is 15.9. The van der Waals surface area contributed by atoms with Crippen molar-refractivity contribution in [1.82, 2.24) is 9.80 Å². The molecule has 0 heterocycles. The summed E-state index contributed by atoms with van der Waals surface area (Å²) in [7, 11) is 4.07. The quantitative estimate of drug-likeness (QED) is 0.607. The summed E-state index contributed by atoms with van der Waals surface area (Å²) >= 11 is 1.76. The van der Waals surface area contributed by atoms with Crippen molar-refractivity contribution in [2.45, 2.75) is 18.6 Å². The lowest BCUT2D eigenvalue weighted by Crippen LogP contribution is -2.35. The third kappa shape index (κ3) is 6.18. The molecule has 0 aliphatic carbocycles. The van der Waals surface area contributed by atoms with Gasteiger partial charge in [-0.15, -0.1) is 6.58 Å². The summed E-state index contributed by atoms with van der Waals surface area (Å²) in [6.07, 6.45) is 4.45. The average Bonchev–Trinajstić information content (AvgIpc) is 2.23. The first-order chi connectivity index (χ1) is 7.54. The maximum absolute atomic E-state index is 12.0. The Hall–Kier alpha value is -0.480. The van der Waals surface area contributed by atoms with Gasteiger partial charge in [0.1, 0.15) is 0 Å². The van der Waals surface area contributed by atoms with Crippen molar-refractivity contribution in [2.24, 2.45) is 0 Å². The highest BCUT2D eigenvalue weighted by Gasteiger charge is 2.17. The number of thioether (sulfide) groups is 1. The van der Waals surface area contributed by atoms with Crippen LogP contribution in [0.3, 0.4) is 0 Å². The Morgan fingerprint density at radius 3 is 2.50 bits per heavy atom. The van der Waals surface area contributed by atoms with E-state index in [0.29, 0.717) is 18.2 Å². The molecule has 3 nitrogen and oxygen atoms in total. The van der Waals surface area contributed by atoms with Crippen LogP contribution in [-0.4, -0.2) is 60.9 Å². The van der Waals surface area contributed by atoms with E-state index in [9.17, 15) is 4.79 Å². The summed E-state index contributed by atoms with van der Waals surface area (Å²) in [5, 5.41) is 0.376. The lowest BCUT2D eigenvalue weighted by molar-refractivity contribution is -0.130. The van der Waals surface area contributed by atoms with Crippen molar-refractivity contribution in [3.8, 4) is 0 Å². The summed E-state index contributed by atoms with van der Waals surface area (Å²) in [6.45, 7) is 8.02. The van der Waals surface area contributed by atoms with Gasteiger partial charge in [-0.05, 0) is 27.3 Å². The minimum Gasteiger partial charge on any atom is -0.339 e. The zero-order valence-electron chi connectivity index (χ0n) is 10.9. The minimum absolute atomic E-state index is 0.226. The predicted octanol–water partition coefficient (Wildman–Crippen LogP) is 1.70. The van der Waals surface area contributed by atoms with Crippen molar-refractivity contribution in [3.05, 3.63) is 12.7 Å². The maximum Gasteiger partial charge on any atom is 0.224 e. The monoisotopic (exact) mass is 244 g/mol. The molecule has 0 rings (SSSR count). The second-order valence-corrected chi connectivity index (χ2v) is 5.18. The molecule has 4 heteroatoms. The highest BCUT2D eigenvalue weighted by molar-refractivity contribution is 7.99. The SMILES string of the molecule is C=CCN(CC)C(=O)CC(CN(C)C)SC. The Balaban J connectivity index is 4.21.